The van der Waals surface area contributed by atoms with Crippen LogP contribution in [0.5, 0.6) is 0 Å². The number of nitrogens with zero attached hydrogens (tertiary/aromatic N) is 3. The van der Waals surface area contributed by atoms with Crippen LogP contribution in [0.1, 0.15) is 57.6 Å². The van der Waals surface area contributed by atoms with Crippen molar-refractivity contribution in [1.82, 2.24) is 25.2 Å². The smallest absolute Gasteiger partial charge is 0.144 e. The zero-order valence-electron chi connectivity index (χ0n) is 17.5. The number of rotatable bonds is 11. The van der Waals surface area contributed by atoms with Gasteiger partial charge in [0.05, 0.1) is 0 Å². The topological polar surface area (TPSA) is 54.8 Å². The second-order valence-electron chi connectivity index (χ2n) is 7.98. The lowest BCUT2D eigenvalue weighted by atomic mass is 10.1. The van der Waals surface area contributed by atoms with Gasteiger partial charge in [-0.25, -0.2) is 9.97 Å². The van der Waals surface area contributed by atoms with Gasteiger partial charge in [0.25, 0.3) is 0 Å². The van der Waals surface area contributed by atoms with Gasteiger partial charge in [0.1, 0.15) is 12.0 Å². The van der Waals surface area contributed by atoms with E-state index < -0.39 is 0 Å². The second-order valence-corrected chi connectivity index (χ2v) is 7.98. The van der Waals surface area contributed by atoms with E-state index in [0.717, 1.165) is 55.1 Å². The first-order valence-corrected chi connectivity index (χ1v) is 10.7. The van der Waals surface area contributed by atoms with Crippen LogP contribution in [-0.2, 0) is 0 Å². The molecule has 0 aliphatic heterocycles. The lowest BCUT2D eigenvalue weighted by Crippen LogP contribution is -2.26. The maximum atomic E-state index is 4.52. The van der Waals surface area contributed by atoms with Crippen LogP contribution in [0.3, 0.4) is 0 Å². The summed E-state index contributed by atoms with van der Waals surface area (Å²) in [5.41, 5.74) is 3.64. The molecule has 28 heavy (non-hydrogen) atoms. The van der Waals surface area contributed by atoms with E-state index in [1.165, 1.54) is 31.3 Å². The Labute approximate surface area is 169 Å². The molecular weight excluding hydrogens is 346 g/mol. The minimum absolute atomic E-state index is 0.537. The van der Waals surface area contributed by atoms with E-state index in [9.17, 15) is 0 Å². The standard InChI is InChI=1S/C23H35N5/c1-4-18(3)9-12-24-10-6-11-25-14-19-7-8-21(13-19)28-16-20(5-2)22-15-26-17-27-23(22)28/h4-5,15-17,19,21,24-25H,2,6-14H2,1,3H3/b18-4+. The quantitative estimate of drug-likeness (QED) is 0.449. The predicted molar refractivity (Wildman–Crippen MR) is 118 cm³/mol. The summed E-state index contributed by atoms with van der Waals surface area (Å²) in [6, 6.07) is 0.537. The number of aromatic nitrogens is 3. The van der Waals surface area contributed by atoms with E-state index in [-0.39, 0.29) is 0 Å². The molecule has 1 fully saturated rings. The molecule has 2 atom stereocenters. The highest BCUT2D eigenvalue weighted by Crippen LogP contribution is 2.37. The molecule has 1 aliphatic rings. The highest BCUT2D eigenvalue weighted by Gasteiger charge is 2.27. The molecule has 3 rings (SSSR count). The van der Waals surface area contributed by atoms with Crippen LogP contribution in [0.4, 0.5) is 0 Å². The summed E-state index contributed by atoms with van der Waals surface area (Å²) in [6.45, 7) is 12.6. The zero-order chi connectivity index (χ0) is 19.8. The average Bonchev–Trinajstić information content (AvgIpc) is 3.34. The van der Waals surface area contributed by atoms with E-state index in [4.69, 9.17) is 0 Å². The Hall–Kier alpha value is -1.98. The van der Waals surface area contributed by atoms with E-state index in [0.29, 0.717) is 6.04 Å². The Morgan fingerprint density at radius 3 is 2.96 bits per heavy atom. The summed E-state index contributed by atoms with van der Waals surface area (Å²) in [7, 11) is 0. The lowest BCUT2D eigenvalue weighted by molar-refractivity contribution is 0.452. The maximum Gasteiger partial charge on any atom is 0.144 e. The Morgan fingerprint density at radius 1 is 1.29 bits per heavy atom. The Morgan fingerprint density at radius 2 is 2.14 bits per heavy atom. The first-order chi connectivity index (χ1) is 13.7. The molecule has 0 bridgehead atoms. The van der Waals surface area contributed by atoms with Crippen LogP contribution >= 0.6 is 0 Å². The Kier molecular flexibility index (Phi) is 7.80. The Balaban J connectivity index is 1.38. The molecule has 1 saturated carbocycles. The van der Waals surface area contributed by atoms with Gasteiger partial charge in [-0.3, -0.25) is 0 Å². The molecule has 2 aromatic rings. The molecule has 0 radical (unpaired) electrons. The molecular formula is C23H35N5. The van der Waals surface area contributed by atoms with Crippen molar-refractivity contribution >= 4 is 17.1 Å². The summed E-state index contributed by atoms with van der Waals surface area (Å²) in [6.07, 6.45) is 15.9. The van der Waals surface area contributed by atoms with Gasteiger partial charge in [-0.05, 0) is 78.0 Å². The van der Waals surface area contributed by atoms with Crippen molar-refractivity contribution in [3.63, 3.8) is 0 Å². The highest BCUT2D eigenvalue weighted by molar-refractivity contribution is 5.85. The van der Waals surface area contributed by atoms with E-state index in [1.807, 2.05) is 12.3 Å². The summed E-state index contributed by atoms with van der Waals surface area (Å²) in [4.78, 5) is 8.70. The van der Waals surface area contributed by atoms with Crippen LogP contribution in [0.2, 0.25) is 0 Å². The highest BCUT2D eigenvalue weighted by atomic mass is 15.1. The van der Waals surface area contributed by atoms with Gasteiger partial charge in [-0.2, -0.15) is 0 Å². The van der Waals surface area contributed by atoms with Crippen LogP contribution in [0, 0.1) is 5.92 Å². The van der Waals surface area contributed by atoms with E-state index in [1.54, 1.807) is 6.33 Å². The number of fused-ring (bicyclic) bond motifs is 1. The summed E-state index contributed by atoms with van der Waals surface area (Å²) in [5, 5.41) is 8.30. The van der Waals surface area contributed by atoms with Crippen LogP contribution in [-0.4, -0.2) is 40.7 Å². The van der Waals surface area contributed by atoms with Gasteiger partial charge in [-0.1, -0.05) is 24.3 Å². The third kappa shape index (κ3) is 5.30. The number of nitrogens with one attached hydrogen (secondary N) is 2. The van der Waals surface area contributed by atoms with Crippen molar-refractivity contribution in [3.05, 3.63) is 42.5 Å². The molecule has 0 amide bonds. The van der Waals surface area contributed by atoms with Crippen LogP contribution in [0.15, 0.2) is 36.9 Å². The fourth-order valence-electron chi connectivity index (χ4n) is 4.14. The molecule has 0 aromatic carbocycles. The van der Waals surface area contributed by atoms with Gasteiger partial charge < -0.3 is 15.2 Å². The minimum Gasteiger partial charge on any atom is -0.329 e. The van der Waals surface area contributed by atoms with Crippen molar-refractivity contribution in [1.29, 1.82) is 0 Å². The SMILES string of the molecule is C=Cc1cn(C2CCC(CNCCCNCC/C(C)=C/C)C2)c2ncncc12. The summed E-state index contributed by atoms with van der Waals surface area (Å²) in [5.74, 6) is 0.752. The van der Waals surface area contributed by atoms with Crippen molar-refractivity contribution < 1.29 is 0 Å². The van der Waals surface area contributed by atoms with Gasteiger partial charge in [-0.15, -0.1) is 0 Å². The van der Waals surface area contributed by atoms with E-state index >= 15 is 0 Å². The first kappa shape index (κ1) is 20.7. The van der Waals surface area contributed by atoms with E-state index in [2.05, 4.69) is 57.9 Å². The number of hydrogen-bond acceptors (Lipinski definition) is 4. The summed E-state index contributed by atoms with van der Waals surface area (Å²) >= 11 is 0. The molecule has 0 spiro atoms. The van der Waals surface area contributed by atoms with Crippen molar-refractivity contribution in [3.8, 4) is 0 Å². The molecule has 2 aromatic heterocycles. The second kappa shape index (κ2) is 10.5. The fourth-order valence-corrected chi connectivity index (χ4v) is 4.14. The molecule has 0 saturated heterocycles. The Bertz CT molecular complexity index is 791. The minimum atomic E-state index is 0.537. The molecule has 1 aliphatic carbocycles. The van der Waals surface area contributed by atoms with Gasteiger partial charge in [0, 0.05) is 29.4 Å². The summed E-state index contributed by atoms with van der Waals surface area (Å²) < 4.78 is 2.35. The maximum absolute atomic E-state index is 4.52. The first-order valence-electron chi connectivity index (χ1n) is 10.7. The van der Waals surface area contributed by atoms with Crippen molar-refractivity contribution in [2.75, 3.05) is 26.2 Å². The van der Waals surface area contributed by atoms with Gasteiger partial charge in [0.15, 0.2) is 0 Å². The van der Waals surface area contributed by atoms with Crippen molar-refractivity contribution in [2.24, 2.45) is 5.92 Å². The van der Waals surface area contributed by atoms with Crippen LogP contribution in [0.25, 0.3) is 17.1 Å². The normalized spacial score (nSPS) is 20.1. The third-order valence-corrected chi connectivity index (χ3v) is 5.98. The molecule has 2 unspecified atom stereocenters. The number of allylic oxidation sites excluding steroid dienone is 1. The largest absolute Gasteiger partial charge is 0.329 e. The molecule has 2 N–H and O–H groups in total. The lowest BCUT2D eigenvalue weighted by Gasteiger charge is -2.15. The molecule has 5 nitrogen and oxygen atoms in total. The third-order valence-electron chi connectivity index (χ3n) is 5.98. The molecule has 5 heteroatoms. The van der Waals surface area contributed by atoms with Crippen molar-refractivity contribution in [2.45, 2.75) is 52.0 Å². The van der Waals surface area contributed by atoms with Crippen LogP contribution < -0.4 is 10.6 Å². The predicted octanol–water partition coefficient (Wildman–Crippen LogP) is 4.34. The monoisotopic (exact) mass is 381 g/mol. The van der Waals surface area contributed by atoms with Gasteiger partial charge >= 0.3 is 0 Å². The van der Waals surface area contributed by atoms with Gasteiger partial charge in [0.2, 0.25) is 0 Å². The molecule has 152 valence electrons. The zero-order valence-corrected chi connectivity index (χ0v) is 17.5. The average molecular weight is 382 g/mol. The fraction of sp³-hybridized carbons (Fsp3) is 0.565. The number of hydrogen-bond donors (Lipinski definition) is 2. The molecule has 2 heterocycles.